The molecule has 0 aliphatic carbocycles. The zero-order chi connectivity index (χ0) is 13.1. The first kappa shape index (κ1) is 13.5. The minimum Gasteiger partial charge on any atom is -0.376 e. The van der Waals surface area contributed by atoms with Crippen LogP contribution in [-0.2, 0) is 14.3 Å². The summed E-state index contributed by atoms with van der Waals surface area (Å²) in [6, 6.07) is 0.288. The van der Waals surface area contributed by atoms with Gasteiger partial charge in [0.25, 0.3) is 0 Å². The quantitative estimate of drug-likeness (QED) is 0.710. The molecule has 2 rings (SSSR count). The summed E-state index contributed by atoms with van der Waals surface area (Å²) in [5.41, 5.74) is 0. The number of carbonyl (C=O) groups excluding carboxylic acids is 2. The third-order valence-electron chi connectivity index (χ3n) is 3.75. The smallest absolute Gasteiger partial charge is 0.236 e. The number of hydrogen-bond donors (Lipinski definition) is 0. The lowest BCUT2D eigenvalue weighted by atomic mass is 10.1. The van der Waals surface area contributed by atoms with Crippen LogP contribution in [0.1, 0.15) is 26.7 Å². The molecule has 1 amide bonds. The predicted molar refractivity (Wildman–Crippen MR) is 67.3 cm³/mol. The molecule has 18 heavy (non-hydrogen) atoms. The van der Waals surface area contributed by atoms with Crippen LogP contribution in [0.3, 0.4) is 0 Å². The van der Waals surface area contributed by atoms with Gasteiger partial charge < -0.3 is 9.64 Å². The fraction of sp³-hybridized carbons (Fsp3) is 0.846. The number of morpholine rings is 1. The van der Waals surface area contributed by atoms with Gasteiger partial charge in [-0.2, -0.15) is 0 Å². The van der Waals surface area contributed by atoms with E-state index in [1.165, 1.54) is 0 Å². The van der Waals surface area contributed by atoms with Gasteiger partial charge in [0.2, 0.25) is 5.91 Å². The minimum absolute atomic E-state index is 0.142. The Bertz CT molecular complexity index is 322. The SMILES string of the molecule is CC1CN(CC(=O)N2CCC(=O)CC2)C(C)CO1. The van der Waals surface area contributed by atoms with Crippen molar-refractivity contribution in [3.8, 4) is 0 Å². The van der Waals surface area contributed by atoms with Crippen LogP contribution in [0, 0.1) is 0 Å². The van der Waals surface area contributed by atoms with Crippen molar-refractivity contribution in [3.63, 3.8) is 0 Å². The third kappa shape index (κ3) is 3.29. The number of ketones is 1. The molecule has 0 radical (unpaired) electrons. The Morgan fingerprint density at radius 1 is 1.33 bits per heavy atom. The molecular weight excluding hydrogens is 232 g/mol. The molecule has 0 aromatic rings. The molecule has 2 aliphatic heterocycles. The Hall–Kier alpha value is -0.940. The van der Waals surface area contributed by atoms with E-state index in [9.17, 15) is 9.59 Å². The minimum atomic E-state index is 0.142. The summed E-state index contributed by atoms with van der Waals surface area (Å²) in [7, 11) is 0. The van der Waals surface area contributed by atoms with E-state index < -0.39 is 0 Å². The first-order chi connectivity index (χ1) is 8.56. The lowest BCUT2D eigenvalue weighted by Crippen LogP contribution is -2.52. The number of hydrogen-bond acceptors (Lipinski definition) is 4. The summed E-state index contributed by atoms with van der Waals surface area (Å²) in [5, 5.41) is 0. The van der Waals surface area contributed by atoms with Crippen molar-refractivity contribution in [2.75, 3.05) is 32.8 Å². The van der Waals surface area contributed by atoms with Gasteiger partial charge in [0.05, 0.1) is 19.3 Å². The maximum Gasteiger partial charge on any atom is 0.236 e. The maximum atomic E-state index is 12.2. The fourth-order valence-corrected chi connectivity index (χ4v) is 2.47. The predicted octanol–water partition coefficient (Wildman–Crippen LogP) is 0.287. The maximum absolute atomic E-state index is 12.2. The second-order valence-corrected chi connectivity index (χ2v) is 5.34. The van der Waals surface area contributed by atoms with E-state index in [0.717, 1.165) is 6.54 Å². The molecule has 102 valence electrons. The van der Waals surface area contributed by atoms with Crippen LogP contribution >= 0.6 is 0 Å². The van der Waals surface area contributed by atoms with Crippen LogP contribution in [0.2, 0.25) is 0 Å². The van der Waals surface area contributed by atoms with Crippen LogP contribution < -0.4 is 0 Å². The largest absolute Gasteiger partial charge is 0.376 e. The van der Waals surface area contributed by atoms with Crippen LogP contribution in [0.25, 0.3) is 0 Å². The van der Waals surface area contributed by atoms with Crippen molar-refractivity contribution >= 4 is 11.7 Å². The Morgan fingerprint density at radius 2 is 2.00 bits per heavy atom. The molecule has 5 heteroatoms. The molecular formula is C13H22N2O3. The summed E-state index contributed by atoms with van der Waals surface area (Å²) >= 11 is 0. The molecule has 0 N–H and O–H groups in total. The van der Waals surface area contributed by atoms with Gasteiger partial charge in [0, 0.05) is 38.5 Å². The number of piperidine rings is 1. The van der Waals surface area contributed by atoms with Crippen LogP contribution in [0.15, 0.2) is 0 Å². The molecule has 2 fully saturated rings. The lowest BCUT2D eigenvalue weighted by molar-refractivity contribution is -0.138. The highest BCUT2D eigenvalue weighted by Crippen LogP contribution is 2.13. The number of likely N-dealkylation sites (tertiary alicyclic amines) is 1. The molecule has 2 aliphatic rings. The number of ether oxygens (including phenoxy) is 1. The first-order valence-corrected chi connectivity index (χ1v) is 6.71. The van der Waals surface area contributed by atoms with Crippen molar-refractivity contribution in [1.29, 1.82) is 0 Å². The van der Waals surface area contributed by atoms with Crippen molar-refractivity contribution in [2.24, 2.45) is 0 Å². The zero-order valence-corrected chi connectivity index (χ0v) is 11.2. The van der Waals surface area contributed by atoms with Crippen molar-refractivity contribution in [3.05, 3.63) is 0 Å². The van der Waals surface area contributed by atoms with Gasteiger partial charge in [0.1, 0.15) is 5.78 Å². The van der Waals surface area contributed by atoms with E-state index in [-0.39, 0.29) is 23.8 Å². The van der Waals surface area contributed by atoms with Gasteiger partial charge in [-0.15, -0.1) is 0 Å². The van der Waals surface area contributed by atoms with E-state index >= 15 is 0 Å². The molecule has 0 spiro atoms. The Morgan fingerprint density at radius 3 is 2.67 bits per heavy atom. The summed E-state index contributed by atoms with van der Waals surface area (Å²) in [6.45, 7) is 7.23. The van der Waals surface area contributed by atoms with Gasteiger partial charge >= 0.3 is 0 Å². The second-order valence-electron chi connectivity index (χ2n) is 5.34. The highest BCUT2D eigenvalue weighted by molar-refractivity contribution is 5.84. The average molecular weight is 254 g/mol. The van der Waals surface area contributed by atoms with E-state index in [2.05, 4.69) is 11.8 Å². The lowest BCUT2D eigenvalue weighted by Gasteiger charge is -2.37. The topological polar surface area (TPSA) is 49.9 Å². The normalized spacial score (nSPS) is 30.6. The Balaban J connectivity index is 1.84. The fourth-order valence-electron chi connectivity index (χ4n) is 2.47. The molecule has 5 nitrogen and oxygen atoms in total. The van der Waals surface area contributed by atoms with Crippen LogP contribution in [-0.4, -0.2) is 66.4 Å². The van der Waals surface area contributed by atoms with E-state index in [1.54, 1.807) is 0 Å². The van der Waals surface area contributed by atoms with Gasteiger partial charge in [-0.3, -0.25) is 14.5 Å². The summed E-state index contributed by atoms with van der Waals surface area (Å²) in [4.78, 5) is 27.3. The van der Waals surface area contributed by atoms with Crippen LogP contribution in [0.5, 0.6) is 0 Å². The second kappa shape index (κ2) is 5.80. The monoisotopic (exact) mass is 254 g/mol. The highest BCUT2D eigenvalue weighted by atomic mass is 16.5. The van der Waals surface area contributed by atoms with E-state index in [0.29, 0.717) is 39.1 Å². The number of nitrogens with zero attached hydrogens (tertiary/aromatic N) is 2. The molecule has 0 aromatic heterocycles. The molecule has 0 saturated carbocycles. The molecule has 0 aromatic carbocycles. The highest BCUT2D eigenvalue weighted by Gasteiger charge is 2.28. The van der Waals surface area contributed by atoms with Crippen molar-refractivity contribution in [2.45, 2.75) is 38.8 Å². The third-order valence-corrected chi connectivity index (χ3v) is 3.75. The number of rotatable bonds is 2. The molecule has 2 atom stereocenters. The average Bonchev–Trinajstić information content (AvgIpc) is 2.34. The Kier molecular flexibility index (Phi) is 4.35. The van der Waals surface area contributed by atoms with E-state index in [1.807, 2.05) is 11.8 Å². The van der Waals surface area contributed by atoms with Gasteiger partial charge in [-0.1, -0.05) is 0 Å². The van der Waals surface area contributed by atoms with Gasteiger partial charge in [0.15, 0.2) is 0 Å². The molecule has 2 heterocycles. The first-order valence-electron chi connectivity index (χ1n) is 6.71. The summed E-state index contributed by atoms with van der Waals surface area (Å²) in [6.07, 6.45) is 1.22. The molecule has 2 saturated heterocycles. The Labute approximate surface area is 108 Å². The van der Waals surface area contributed by atoms with Gasteiger partial charge in [-0.05, 0) is 13.8 Å². The zero-order valence-electron chi connectivity index (χ0n) is 11.2. The number of Topliss-reactive ketones (excluding diaryl/α,β-unsaturated/α-hetero) is 1. The molecule has 2 unspecified atom stereocenters. The van der Waals surface area contributed by atoms with E-state index in [4.69, 9.17) is 4.74 Å². The summed E-state index contributed by atoms with van der Waals surface area (Å²) < 4.78 is 5.55. The van der Waals surface area contributed by atoms with Gasteiger partial charge in [-0.25, -0.2) is 0 Å². The van der Waals surface area contributed by atoms with Crippen LogP contribution in [0.4, 0.5) is 0 Å². The summed E-state index contributed by atoms with van der Waals surface area (Å²) in [5.74, 6) is 0.413. The molecule has 0 bridgehead atoms. The van der Waals surface area contributed by atoms with Crippen molar-refractivity contribution in [1.82, 2.24) is 9.80 Å². The number of carbonyl (C=O) groups is 2. The number of amides is 1. The van der Waals surface area contributed by atoms with Crippen molar-refractivity contribution < 1.29 is 14.3 Å². The standard InChI is InChI=1S/C13H22N2O3/c1-10-9-18-11(2)7-15(10)8-13(17)14-5-3-12(16)4-6-14/h10-11H,3-9H2,1-2H3.